The number of nitrogens with zero attached hydrogens (tertiary/aromatic N) is 5. The average molecular weight is 494 g/mol. The number of aromatic nitrogens is 2. The molecule has 8 nitrogen and oxygen atoms in total. The molecule has 1 atom stereocenters. The summed E-state index contributed by atoms with van der Waals surface area (Å²) in [5.41, 5.74) is 3.94. The molecule has 0 aliphatic carbocycles. The number of benzene rings is 2. The summed E-state index contributed by atoms with van der Waals surface area (Å²) in [5.74, 6) is 1.23. The van der Waals surface area contributed by atoms with Gasteiger partial charge in [-0.3, -0.25) is 0 Å². The van der Waals surface area contributed by atoms with Crippen LogP contribution < -0.4 is 15.5 Å². The van der Waals surface area contributed by atoms with Crippen molar-refractivity contribution in [3.05, 3.63) is 60.3 Å². The lowest BCUT2D eigenvalue weighted by Crippen LogP contribution is -2.44. The monoisotopic (exact) mass is 493 g/mol. The maximum atomic E-state index is 12.8. The Labute approximate surface area is 211 Å². The predicted molar refractivity (Wildman–Crippen MR) is 145 cm³/mol. The van der Waals surface area contributed by atoms with Gasteiger partial charge >= 0.3 is 0 Å². The van der Waals surface area contributed by atoms with Gasteiger partial charge in [-0.1, -0.05) is 19.9 Å². The third kappa shape index (κ3) is 6.36. The molecule has 0 spiro atoms. The first-order valence-electron chi connectivity index (χ1n) is 12.1. The highest BCUT2D eigenvalue weighted by Gasteiger charge is 2.15. The summed E-state index contributed by atoms with van der Waals surface area (Å²) < 4.78 is 14.8. The molecule has 0 bridgehead atoms. The molecule has 1 saturated heterocycles. The molecule has 4 rings (SSSR count). The van der Waals surface area contributed by atoms with Crippen LogP contribution in [-0.4, -0.2) is 69.7 Å². The van der Waals surface area contributed by atoms with Crippen molar-refractivity contribution in [1.29, 1.82) is 0 Å². The van der Waals surface area contributed by atoms with Crippen LogP contribution in [0.4, 0.5) is 28.8 Å². The maximum Gasteiger partial charge on any atom is 0.229 e. The molecule has 0 saturated carbocycles. The van der Waals surface area contributed by atoms with E-state index in [0.29, 0.717) is 11.8 Å². The van der Waals surface area contributed by atoms with Gasteiger partial charge in [0.1, 0.15) is 16.8 Å². The van der Waals surface area contributed by atoms with Crippen molar-refractivity contribution in [2.75, 3.05) is 61.8 Å². The van der Waals surface area contributed by atoms with Crippen LogP contribution in [0, 0.1) is 6.92 Å². The van der Waals surface area contributed by atoms with Gasteiger partial charge in [-0.25, -0.2) is 13.5 Å². The van der Waals surface area contributed by atoms with E-state index in [9.17, 15) is 4.21 Å². The molecule has 9 heteroatoms. The largest absolute Gasteiger partial charge is 0.369 e. The van der Waals surface area contributed by atoms with E-state index < -0.39 is 11.0 Å². The first-order valence-corrected chi connectivity index (χ1v) is 13.3. The van der Waals surface area contributed by atoms with E-state index in [4.69, 9.17) is 0 Å². The Balaban J connectivity index is 1.45. The molecule has 1 aromatic heterocycles. The Morgan fingerprint density at radius 3 is 2.37 bits per heavy atom. The van der Waals surface area contributed by atoms with Gasteiger partial charge < -0.3 is 20.4 Å². The second-order valence-corrected chi connectivity index (χ2v) is 10.2. The Hall–Kier alpha value is -3.01. The molecule has 3 aromatic rings. The number of piperazine rings is 1. The van der Waals surface area contributed by atoms with Gasteiger partial charge in [-0.15, -0.1) is 0 Å². The quantitative estimate of drug-likeness (QED) is 0.458. The molecule has 1 aliphatic rings. The van der Waals surface area contributed by atoms with E-state index in [0.717, 1.165) is 61.1 Å². The zero-order valence-corrected chi connectivity index (χ0v) is 21.8. The van der Waals surface area contributed by atoms with E-state index in [1.165, 1.54) is 5.69 Å². The summed E-state index contributed by atoms with van der Waals surface area (Å²) in [4.78, 5) is 14.7. The number of anilines is 5. The number of aryl methyl sites for hydroxylation is 1. The minimum Gasteiger partial charge on any atom is -0.369 e. The molecule has 186 valence electrons. The lowest BCUT2D eigenvalue weighted by Gasteiger charge is -2.34. The Morgan fingerprint density at radius 2 is 1.69 bits per heavy atom. The second kappa shape index (κ2) is 11.6. The third-order valence-corrected chi connectivity index (χ3v) is 7.84. The molecule has 1 fully saturated rings. The molecule has 0 amide bonds. The standard InChI is InChI=1S/C26H35N7OS/c1-5-33(6-2)35(34)24-9-7-8-22(18-24)28-25-20(3)19-27-26(30-25)29-21-10-12-23(13-11-21)32-16-14-31(4)15-17-32/h7-13,18-19H,5-6,14-17H2,1-4H3,(H2,27,28,29,30). The summed E-state index contributed by atoms with van der Waals surface area (Å²) in [6, 6.07) is 16.1. The van der Waals surface area contributed by atoms with E-state index in [2.05, 4.69) is 61.7 Å². The van der Waals surface area contributed by atoms with Crippen LogP contribution >= 0.6 is 0 Å². The smallest absolute Gasteiger partial charge is 0.229 e. The molecule has 2 heterocycles. The maximum absolute atomic E-state index is 12.8. The number of rotatable bonds is 9. The van der Waals surface area contributed by atoms with Crippen LogP contribution in [0.1, 0.15) is 19.4 Å². The fourth-order valence-corrected chi connectivity index (χ4v) is 5.19. The van der Waals surface area contributed by atoms with Crippen molar-refractivity contribution in [2.45, 2.75) is 25.7 Å². The van der Waals surface area contributed by atoms with Crippen molar-refractivity contribution in [3.8, 4) is 0 Å². The first-order chi connectivity index (χ1) is 17.0. The van der Waals surface area contributed by atoms with Crippen LogP contribution in [0.5, 0.6) is 0 Å². The predicted octanol–water partition coefficient (Wildman–Crippen LogP) is 4.39. The molecular formula is C26H35N7OS. The number of nitrogens with one attached hydrogen (secondary N) is 2. The van der Waals surface area contributed by atoms with Gasteiger partial charge in [0.2, 0.25) is 5.95 Å². The molecule has 35 heavy (non-hydrogen) atoms. The van der Waals surface area contributed by atoms with Crippen molar-refractivity contribution < 1.29 is 4.21 Å². The van der Waals surface area contributed by atoms with Crippen molar-refractivity contribution in [1.82, 2.24) is 19.2 Å². The SMILES string of the molecule is CCN(CC)S(=O)c1cccc(Nc2nc(Nc3ccc(N4CCN(C)CC4)cc3)ncc2C)c1. The minimum absolute atomic E-state index is 0.522. The van der Waals surface area contributed by atoms with Crippen LogP contribution in [-0.2, 0) is 11.0 Å². The summed E-state index contributed by atoms with van der Waals surface area (Å²) in [5, 5.41) is 6.68. The lowest BCUT2D eigenvalue weighted by atomic mass is 10.2. The average Bonchev–Trinajstić information content (AvgIpc) is 2.88. The fraction of sp³-hybridized carbons (Fsp3) is 0.385. The highest BCUT2D eigenvalue weighted by Crippen LogP contribution is 2.24. The number of hydrogen-bond donors (Lipinski definition) is 2. The van der Waals surface area contributed by atoms with Crippen LogP contribution in [0.25, 0.3) is 0 Å². The number of hydrogen-bond acceptors (Lipinski definition) is 7. The van der Waals surface area contributed by atoms with Crippen molar-refractivity contribution in [2.24, 2.45) is 0 Å². The van der Waals surface area contributed by atoms with Crippen molar-refractivity contribution >= 4 is 39.8 Å². The van der Waals surface area contributed by atoms with Gasteiger partial charge in [0.15, 0.2) is 0 Å². The lowest BCUT2D eigenvalue weighted by molar-refractivity contribution is 0.313. The summed E-state index contributed by atoms with van der Waals surface area (Å²) in [7, 11) is 0.976. The van der Waals surface area contributed by atoms with Gasteiger partial charge in [-0.05, 0) is 56.4 Å². The summed E-state index contributed by atoms with van der Waals surface area (Å²) in [6.45, 7) is 11.7. The highest BCUT2D eigenvalue weighted by atomic mass is 32.2. The first kappa shape index (κ1) is 25.1. The van der Waals surface area contributed by atoms with Gasteiger partial charge in [0.25, 0.3) is 0 Å². The zero-order valence-electron chi connectivity index (χ0n) is 21.0. The van der Waals surface area contributed by atoms with Crippen LogP contribution in [0.15, 0.2) is 59.6 Å². The Bertz CT molecular complexity index is 1140. The van der Waals surface area contributed by atoms with E-state index in [-0.39, 0.29) is 0 Å². The topological polar surface area (TPSA) is 76.6 Å². The van der Waals surface area contributed by atoms with Crippen LogP contribution in [0.2, 0.25) is 0 Å². The molecule has 1 unspecified atom stereocenters. The van der Waals surface area contributed by atoms with E-state index in [1.54, 1.807) is 6.20 Å². The molecule has 2 aromatic carbocycles. The number of likely N-dealkylation sites (N-methyl/N-ethyl adjacent to an activating group) is 1. The van der Waals surface area contributed by atoms with Gasteiger partial charge in [-0.2, -0.15) is 4.98 Å². The highest BCUT2D eigenvalue weighted by molar-refractivity contribution is 7.82. The third-order valence-electron chi connectivity index (χ3n) is 6.20. The molecule has 2 N–H and O–H groups in total. The molecule has 1 aliphatic heterocycles. The summed E-state index contributed by atoms with van der Waals surface area (Å²) >= 11 is 0. The van der Waals surface area contributed by atoms with E-state index in [1.807, 2.05) is 49.3 Å². The van der Waals surface area contributed by atoms with Gasteiger partial charge in [0.05, 0.1) is 4.90 Å². The zero-order chi connectivity index (χ0) is 24.8. The van der Waals surface area contributed by atoms with Crippen LogP contribution in [0.3, 0.4) is 0 Å². The summed E-state index contributed by atoms with van der Waals surface area (Å²) in [6.07, 6.45) is 1.80. The minimum atomic E-state index is -1.19. The second-order valence-electron chi connectivity index (χ2n) is 8.70. The molecule has 0 radical (unpaired) electrons. The fourth-order valence-electron chi connectivity index (χ4n) is 4.00. The van der Waals surface area contributed by atoms with Gasteiger partial charge in [0, 0.05) is 68.1 Å². The van der Waals surface area contributed by atoms with E-state index >= 15 is 0 Å². The normalized spacial score (nSPS) is 15.3. The van der Waals surface area contributed by atoms with Crippen molar-refractivity contribution in [3.63, 3.8) is 0 Å². The Kier molecular flexibility index (Phi) is 8.33. The molecular weight excluding hydrogens is 458 g/mol. The Morgan fingerprint density at radius 1 is 0.971 bits per heavy atom.